The normalized spacial score (nSPS) is 33.6. The van der Waals surface area contributed by atoms with Crippen LogP contribution < -0.4 is 0 Å². The fourth-order valence-electron chi connectivity index (χ4n) is 3.54. The molecule has 2 fully saturated rings. The SMILES string of the molecule is COC(=O)CCN1CCCC1C1CCCCC1O. The molecular formula is C14H25NO3. The van der Waals surface area contributed by atoms with Crippen molar-refractivity contribution in [2.45, 2.75) is 57.1 Å². The summed E-state index contributed by atoms with van der Waals surface area (Å²) in [4.78, 5) is 13.6. The van der Waals surface area contributed by atoms with E-state index in [1.54, 1.807) is 0 Å². The third kappa shape index (κ3) is 3.23. The van der Waals surface area contributed by atoms with Gasteiger partial charge in [-0.25, -0.2) is 0 Å². The minimum absolute atomic E-state index is 0.134. The monoisotopic (exact) mass is 255 g/mol. The Bertz CT molecular complexity index is 282. The largest absolute Gasteiger partial charge is 0.469 e. The topological polar surface area (TPSA) is 49.8 Å². The molecule has 2 aliphatic rings. The summed E-state index contributed by atoms with van der Waals surface area (Å²) in [5.74, 6) is 0.281. The van der Waals surface area contributed by atoms with Crippen LogP contribution in [0.5, 0.6) is 0 Å². The highest BCUT2D eigenvalue weighted by Crippen LogP contribution is 2.34. The van der Waals surface area contributed by atoms with Crippen LogP contribution in [0.1, 0.15) is 44.9 Å². The lowest BCUT2D eigenvalue weighted by molar-refractivity contribution is -0.141. The molecule has 3 atom stereocenters. The number of carbonyl (C=O) groups is 1. The molecule has 1 saturated heterocycles. The maximum Gasteiger partial charge on any atom is 0.306 e. The number of hydrogen-bond acceptors (Lipinski definition) is 4. The molecule has 0 bridgehead atoms. The average molecular weight is 255 g/mol. The molecule has 0 amide bonds. The Kier molecular flexibility index (Phi) is 5.01. The average Bonchev–Trinajstić information content (AvgIpc) is 2.84. The van der Waals surface area contributed by atoms with Gasteiger partial charge < -0.3 is 9.84 Å². The zero-order valence-corrected chi connectivity index (χ0v) is 11.3. The van der Waals surface area contributed by atoms with Crippen molar-refractivity contribution >= 4 is 5.97 Å². The molecule has 104 valence electrons. The van der Waals surface area contributed by atoms with E-state index in [1.165, 1.54) is 26.4 Å². The third-order valence-corrected chi connectivity index (χ3v) is 4.52. The van der Waals surface area contributed by atoms with E-state index in [4.69, 9.17) is 4.74 Å². The van der Waals surface area contributed by atoms with Crippen LogP contribution in [0.15, 0.2) is 0 Å². The van der Waals surface area contributed by atoms with Crippen LogP contribution in [0.4, 0.5) is 0 Å². The Morgan fingerprint density at radius 2 is 2.06 bits per heavy atom. The molecule has 0 aromatic heterocycles. The van der Waals surface area contributed by atoms with Gasteiger partial charge in [-0.1, -0.05) is 12.8 Å². The van der Waals surface area contributed by atoms with Gasteiger partial charge in [0.15, 0.2) is 0 Å². The lowest BCUT2D eigenvalue weighted by Crippen LogP contribution is -2.43. The summed E-state index contributed by atoms with van der Waals surface area (Å²) in [7, 11) is 1.44. The number of hydrogen-bond donors (Lipinski definition) is 1. The van der Waals surface area contributed by atoms with Crippen LogP contribution in [0, 0.1) is 5.92 Å². The Labute approximate surface area is 109 Å². The number of ether oxygens (including phenoxy) is 1. The number of nitrogens with zero attached hydrogens (tertiary/aromatic N) is 1. The van der Waals surface area contributed by atoms with E-state index in [9.17, 15) is 9.90 Å². The van der Waals surface area contributed by atoms with Gasteiger partial charge in [0.1, 0.15) is 0 Å². The summed E-state index contributed by atoms with van der Waals surface area (Å²) >= 11 is 0. The van der Waals surface area contributed by atoms with Gasteiger partial charge in [-0.15, -0.1) is 0 Å². The zero-order chi connectivity index (χ0) is 13.0. The second-order valence-corrected chi connectivity index (χ2v) is 5.59. The first-order valence-corrected chi connectivity index (χ1v) is 7.21. The molecule has 1 heterocycles. The van der Waals surface area contributed by atoms with Crippen LogP contribution >= 0.6 is 0 Å². The molecule has 0 spiro atoms. The van der Waals surface area contributed by atoms with Crippen LogP contribution in [0.3, 0.4) is 0 Å². The zero-order valence-electron chi connectivity index (χ0n) is 11.3. The van der Waals surface area contributed by atoms with Crippen molar-refractivity contribution in [1.29, 1.82) is 0 Å². The smallest absolute Gasteiger partial charge is 0.306 e. The van der Waals surface area contributed by atoms with Crippen LogP contribution in [-0.2, 0) is 9.53 Å². The van der Waals surface area contributed by atoms with Crippen molar-refractivity contribution < 1.29 is 14.6 Å². The highest BCUT2D eigenvalue weighted by molar-refractivity contribution is 5.69. The van der Waals surface area contributed by atoms with Crippen molar-refractivity contribution in [2.75, 3.05) is 20.2 Å². The predicted molar refractivity (Wildman–Crippen MR) is 69.2 cm³/mol. The van der Waals surface area contributed by atoms with Gasteiger partial charge >= 0.3 is 5.97 Å². The first-order chi connectivity index (χ1) is 8.72. The van der Waals surface area contributed by atoms with E-state index in [0.29, 0.717) is 18.4 Å². The Morgan fingerprint density at radius 3 is 2.78 bits per heavy atom. The molecule has 2 rings (SSSR count). The molecular weight excluding hydrogens is 230 g/mol. The van der Waals surface area contributed by atoms with E-state index in [2.05, 4.69) is 4.90 Å². The lowest BCUT2D eigenvalue weighted by Gasteiger charge is -2.37. The number of methoxy groups -OCH3 is 1. The fraction of sp³-hybridized carbons (Fsp3) is 0.929. The Hall–Kier alpha value is -0.610. The quantitative estimate of drug-likeness (QED) is 0.775. The maximum absolute atomic E-state index is 11.2. The number of esters is 1. The Morgan fingerprint density at radius 1 is 1.28 bits per heavy atom. The molecule has 4 heteroatoms. The summed E-state index contributed by atoms with van der Waals surface area (Å²) in [6, 6.07) is 0.477. The van der Waals surface area contributed by atoms with Gasteiger partial charge in [-0.2, -0.15) is 0 Å². The van der Waals surface area contributed by atoms with Crippen molar-refractivity contribution in [1.82, 2.24) is 4.90 Å². The van der Waals surface area contributed by atoms with Gasteiger partial charge in [0, 0.05) is 18.5 Å². The first kappa shape index (κ1) is 13.8. The molecule has 18 heavy (non-hydrogen) atoms. The van der Waals surface area contributed by atoms with Gasteiger partial charge in [-0.3, -0.25) is 9.69 Å². The summed E-state index contributed by atoms with van der Waals surface area (Å²) in [6.45, 7) is 1.84. The van der Waals surface area contributed by atoms with E-state index < -0.39 is 0 Å². The van der Waals surface area contributed by atoms with Gasteiger partial charge in [-0.05, 0) is 32.2 Å². The van der Waals surface area contributed by atoms with Crippen LogP contribution in [0.2, 0.25) is 0 Å². The standard InChI is InChI=1S/C14H25NO3/c1-18-14(17)8-10-15-9-4-6-12(15)11-5-2-3-7-13(11)16/h11-13,16H,2-10H2,1H3. The van der Waals surface area contributed by atoms with Crippen LogP contribution in [-0.4, -0.2) is 48.3 Å². The van der Waals surface area contributed by atoms with Crippen molar-refractivity contribution in [3.63, 3.8) is 0 Å². The second-order valence-electron chi connectivity index (χ2n) is 5.59. The lowest BCUT2D eigenvalue weighted by atomic mass is 9.80. The molecule has 4 nitrogen and oxygen atoms in total. The van der Waals surface area contributed by atoms with Gasteiger partial charge in [0.2, 0.25) is 0 Å². The minimum Gasteiger partial charge on any atom is -0.469 e. The number of aliphatic hydroxyl groups is 1. The predicted octanol–water partition coefficient (Wildman–Crippen LogP) is 1.56. The summed E-state index contributed by atoms with van der Waals surface area (Å²) in [5, 5.41) is 10.2. The molecule has 1 aliphatic carbocycles. The van der Waals surface area contributed by atoms with Crippen molar-refractivity contribution in [3.05, 3.63) is 0 Å². The van der Waals surface area contributed by atoms with E-state index in [0.717, 1.165) is 32.4 Å². The van der Waals surface area contributed by atoms with Gasteiger partial charge in [0.25, 0.3) is 0 Å². The Balaban J connectivity index is 1.88. The van der Waals surface area contributed by atoms with Crippen molar-refractivity contribution in [3.8, 4) is 0 Å². The summed E-state index contributed by atoms with van der Waals surface area (Å²) in [5.41, 5.74) is 0. The highest BCUT2D eigenvalue weighted by atomic mass is 16.5. The molecule has 1 saturated carbocycles. The third-order valence-electron chi connectivity index (χ3n) is 4.52. The van der Waals surface area contributed by atoms with E-state index >= 15 is 0 Å². The number of carbonyl (C=O) groups excluding carboxylic acids is 1. The molecule has 1 aliphatic heterocycles. The number of rotatable bonds is 4. The summed E-state index contributed by atoms with van der Waals surface area (Å²) < 4.78 is 4.70. The number of likely N-dealkylation sites (tertiary alicyclic amines) is 1. The van der Waals surface area contributed by atoms with E-state index in [-0.39, 0.29) is 12.1 Å². The van der Waals surface area contributed by atoms with Crippen molar-refractivity contribution in [2.24, 2.45) is 5.92 Å². The fourth-order valence-corrected chi connectivity index (χ4v) is 3.54. The molecule has 1 N–H and O–H groups in total. The number of aliphatic hydroxyl groups excluding tert-OH is 1. The minimum atomic E-state index is -0.137. The van der Waals surface area contributed by atoms with Crippen LogP contribution in [0.25, 0.3) is 0 Å². The molecule has 0 aromatic rings. The van der Waals surface area contributed by atoms with Gasteiger partial charge in [0.05, 0.1) is 19.6 Å². The molecule has 0 aromatic carbocycles. The van der Waals surface area contributed by atoms with E-state index in [1.807, 2.05) is 0 Å². The molecule has 3 unspecified atom stereocenters. The maximum atomic E-state index is 11.2. The molecule has 0 radical (unpaired) electrons. The first-order valence-electron chi connectivity index (χ1n) is 7.21. The summed E-state index contributed by atoms with van der Waals surface area (Å²) in [6.07, 6.45) is 7.18. The highest BCUT2D eigenvalue weighted by Gasteiger charge is 2.36. The second kappa shape index (κ2) is 6.53.